The first-order valence-electron chi connectivity index (χ1n) is 16.1. The number of carbonyl (C=O) groups excluding carboxylic acids is 1. The van der Waals surface area contributed by atoms with Crippen molar-refractivity contribution in [1.82, 2.24) is 19.6 Å². The summed E-state index contributed by atoms with van der Waals surface area (Å²) in [4.78, 5) is 23.6. The third-order valence-corrected chi connectivity index (χ3v) is 11.2. The molecule has 0 spiro atoms. The molecule has 0 saturated heterocycles. The van der Waals surface area contributed by atoms with Crippen molar-refractivity contribution in [2.24, 2.45) is 0 Å². The van der Waals surface area contributed by atoms with E-state index < -0.39 is 16.1 Å². The van der Waals surface area contributed by atoms with Gasteiger partial charge in [0.1, 0.15) is 19.3 Å². The van der Waals surface area contributed by atoms with E-state index in [4.69, 9.17) is 29.3 Å². The molecule has 4 aromatic rings. The summed E-state index contributed by atoms with van der Waals surface area (Å²) in [5.74, 6) is 0.731. The number of rotatable bonds is 18. The van der Waals surface area contributed by atoms with Crippen LogP contribution in [0.2, 0.25) is 51.4 Å². The van der Waals surface area contributed by atoms with Gasteiger partial charge in [-0.2, -0.15) is 9.61 Å². The van der Waals surface area contributed by atoms with Crippen LogP contribution in [-0.2, 0) is 25.4 Å². The molecule has 0 aliphatic carbocycles. The van der Waals surface area contributed by atoms with Crippen molar-refractivity contribution in [3.8, 4) is 11.1 Å². The van der Waals surface area contributed by atoms with Gasteiger partial charge in [-0.3, -0.25) is 9.78 Å². The molecule has 244 valence electrons. The summed E-state index contributed by atoms with van der Waals surface area (Å²) in [5, 5.41) is 5.92. The van der Waals surface area contributed by atoms with Gasteiger partial charge in [0.15, 0.2) is 5.65 Å². The van der Waals surface area contributed by atoms with Crippen molar-refractivity contribution in [3.05, 3.63) is 54.5 Å². The molecule has 45 heavy (non-hydrogen) atoms. The average molecular weight is 650 g/mol. The zero-order chi connectivity index (χ0) is 32.5. The number of methoxy groups -OCH3 is 1. The van der Waals surface area contributed by atoms with Crippen molar-refractivity contribution in [1.29, 1.82) is 0 Å². The lowest BCUT2D eigenvalue weighted by atomic mass is 10.1. The lowest BCUT2D eigenvalue weighted by Gasteiger charge is -2.26. The first kappa shape index (κ1) is 34.7. The van der Waals surface area contributed by atoms with E-state index in [1.54, 1.807) is 0 Å². The highest BCUT2D eigenvalue weighted by molar-refractivity contribution is 6.76. The van der Waals surface area contributed by atoms with Crippen molar-refractivity contribution < 1.29 is 19.0 Å². The van der Waals surface area contributed by atoms with Crippen LogP contribution in [0, 0.1) is 0 Å². The van der Waals surface area contributed by atoms with Gasteiger partial charge < -0.3 is 19.1 Å². The summed E-state index contributed by atoms with van der Waals surface area (Å²) < 4.78 is 19.3. The van der Waals surface area contributed by atoms with E-state index in [0.29, 0.717) is 19.9 Å². The Morgan fingerprint density at radius 1 is 0.889 bits per heavy atom. The van der Waals surface area contributed by atoms with Gasteiger partial charge in [-0.25, -0.2) is 4.98 Å². The number of hydrogen-bond acceptors (Lipinski definition) is 8. The second kappa shape index (κ2) is 15.9. The molecule has 0 aliphatic rings. The third kappa shape index (κ3) is 10.7. The van der Waals surface area contributed by atoms with Gasteiger partial charge in [0.25, 0.3) is 0 Å². The second-order valence-corrected chi connectivity index (χ2v) is 25.4. The number of aromatic nitrogens is 4. The molecular weight excluding hydrogens is 599 g/mol. The smallest absolute Gasteiger partial charge is 0.305 e. The maximum Gasteiger partial charge on any atom is 0.305 e. The van der Waals surface area contributed by atoms with Crippen LogP contribution >= 0.6 is 0 Å². The first-order chi connectivity index (χ1) is 21.4. The Bertz CT molecular complexity index is 1530. The number of anilines is 1. The molecule has 0 saturated carbocycles. The second-order valence-electron chi connectivity index (χ2n) is 14.2. The molecular formula is C34H51N5O4Si2. The molecule has 0 bridgehead atoms. The van der Waals surface area contributed by atoms with Gasteiger partial charge in [0.05, 0.1) is 18.8 Å². The third-order valence-electron chi connectivity index (χ3n) is 7.76. The lowest BCUT2D eigenvalue weighted by molar-refractivity contribution is -0.140. The van der Waals surface area contributed by atoms with Crippen LogP contribution in [0.3, 0.4) is 0 Å². The summed E-state index contributed by atoms with van der Waals surface area (Å²) in [7, 11) is -1.03. The summed E-state index contributed by atoms with van der Waals surface area (Å²) in [6.07, 6.45) is 7.64. The standard InChI is InChI=1S/C34H51N5O4Si2/c1-41-33(40)16-10-8-9-14-29-22-32(38(25-42-17-19-44(2,3)4)26-43-18-20-45(5,6)7)39-34(37-29)30(24-36-39)28-21-27-13-11-12-15-31(27)35-23-28/h11-13,15,21-24H,8-10,14,16-20,25-26H2,1-7H3. The van der Waals surface area contributed by atoms with Crippen LogP contribution in [0.1, 0.15) is 31.4 Å². The van der Waals surface area contributed by atoms with Crippen LogP contribution in [0.5, 0.6) is 0 Å². The molecule has 0 aliphatic heterocycles. The van der Waals surface area contributed by atoms with Crippen molar-refractivity contribution in [3.63, 3.8) is 0 Å². The highest BCUT2D eigenvalue weighted by Gasteiger charge is 2.20. The van der Waals surface area contributed by atoms with E-state index in [1.807, 2.05) is 35.1 Å². The van der Waals surface area contributed by atoms with Crippen LogP contribution in [0.4, 0.5) is 5.82 Å². The molecule has 0 amide bonds. The molecule has 4 rings (SSSR count). The first-order valence-corrected chi connectivity index (χ1v) is 23.5. The van der Waals surface area contributed by atoms with E-state index in [2.05, 4.69) is 62.4 Å². The number of aryl methyl sites for hydroxylation is 1. The Morgan fingerprint density at radius 3 is 2.24 bits per heavy atom. The minimum Gasteiger partial charge on any atom is -0.469 e. The SMILES string of the molecule is COC(=O)CCCCCc1cc(N(COCC[Si](C)(C)C)COCC[Si](C)(C)C)n2ncc(-c3cnc4ccccc4c3)c2n1. The Labute approximate surface area is 270 Å². The molecule has 9 nitrogen and oxygen atoms in total. The van der Waals surface area contributed by atoms with E-state index in [9.17, 15) is 4.79 Å². The maximum atomic E-state index is 11.6. The molecule has 11 heteroatoms. The predicted octanol–water partition coefficient (Wildman–Crippen LogP) is 7.65. The van der Waals surface area contributed by atoms with E-state index >= 15 is 0 Å². The molecule has 1 aromatic carbocycles. The monoisotopic (exact) mass is 649 g/mol. The number of unbranched alkanes of at least 4 members (excludes halogenated alkanes) is 2. The number of pyridine rings is 1. The molecule has 0 unspecified atom stereocenters. The van der Waals surface area contributed by atoms with E-state index in [-0.39, 0.29) is 5.97 Å². The normalized spacial score (nSPS) is 12.2. The van der Waals surface area contributed by atoms with Crippen LogP contribution in [-0.4, -0.2) is 75.5 Å². The number of para-hydroxylation sites is 1. The maximum absolute atomic E-state index is 11.6. The fourth-order valence-electron chi connectivity index (χ4n) is 4.90. The number of esters is 1. The number of ether oxygens (including phenoxy) is 3. The Morgan fingerprint density at radius 2 is 1.58 bits per heavy atom. The highest BCUT2D eigenvalue weighted by Crippen LogP contribution is 2.29. The van der Waals surface area contributed by atoms with Gasteiger partial charge in [-0.15, -0.1) is 0 Å². The highest BCUT2D eigenvalue weighted by atomic mass is 28.3. The van der Waals surface area contributed by atoms with Crippen molar-refractivity contribution in [2.45, 2.75) is 83.5 Å². The fraction of sp³-hybridized carbons (Fsp3) is 0.529. The number of benzene rings is 1. The summed E-state index contributed by atoms with van der Waals surface area (Å²) in [5.41, 5.74) is 4.61. The number of nitrogens with zero attached hydrogens (tertiary/aromatic N) is 5. The summed E-state index contributed by atoms with van der Waals surface area (Å²) >= 11 is 0. The van der Waals surface area contributed by atoms with Gasteiger partial charge in [-0.1, -0.05) is 63.9 Å². The molecule has 0 N–H and O–H groups in total. The van der Waals surface area contributed by atoms with Gasteiger partial charge in [0.2, 0.25) is 0 Å². The molecule has 3 heterocycles. The molecule has 0 atom stereocenters. The topological polar surface area (TPSA) is 91.1 Å². The Hall–Kier alpha value is -3.13. The van der Waals surface area contributed by atoms with E-state index in [1.165, 1.54) is 7.11 Å². The minimum absolute atomic E-state index is 0.163. The average Bonchev–Trinajstić information content (AvgIpc) is 3.42. The lowest BCUT2D eigenvalue weighted by Crippen LogP contribution is -2.33. The zero-order valence-corrected chi connectivity index (χ0v) is 30.3. The number of carbonyl (C=O) groups is 1. The molecule has 0 radical (unpaired) electrons. The molecule has 3 aromatic heterocycles. The summed E-state index contributed by atoms with van der Waals surface area (Å²) in [6, 6.07) is 14.6. The van der Waals surface area contributed by atoms with E-state index in [0.717, 1.165) is 90.2 Å². The van der Waals surface area contributed by atoms with Crippen molar-refractivity contribution in [2.75, 3.05) is 38.7 Å². The summed E-state index contributed by atoms with van der Waals surface area (Å²) in [6.45, 7) is 16.4. The number of fused-ring (bicyclic) bond motifs is 2. The van der Waals surface area contributed by atoms with Gasteiger partial charge in [0, 0.05) is 70.3 Å². The molecule has 0 fully saturated rings. The zero-order valence-electron chi connectivity index (χ0n) is 28.3. The quantitative estimate of drug-likeness (QED) is 0.0470. The largest absolute Gasteiger partial charge is 0.469 e. The Kier molecular flexibility index (Phi) is 12.3. The van der Waals surface area contributed by atoms with Gasteiger partial charge >= 0.3 is 5.97 Å². The predicted molar refractivity (Wildman–Crippen MR) is 188 cm³/mol. The van der Waals surface area contributed by atoms with Crippen molar-refractivity contribution >= 4 is 44.5 Å². The van der Waals surface area contributed by atoms with Crippen LogP contribution in [0.25, 0.3) is 27.7 Å². The van der Waals surface area contributed by atoms with Crippen LogP contribution in [0.15, 0.2) is 48.8 Å². The van der Waals surface area contributed by atoms with Crippen LogP contribution < -0.4 is 4.90 Å². The number of hydrogen-bond donors (Lipinski definition) is 0. The minimum atomic E-state index is -1.23. The fourth-order valence-corrected chi connectivity index (χ4v) is 6.41. The Balaban J connectivity index is 1.67. The van der Waals surface area contributed by atoms with Gasteiger partial charge in [-0.05, 0) is 43.5 Å².